The number of piperidine rings is 1. The second kappa shape index (κ2) is 9.90. The number of pyridine rings is 1. The van der Waals surface area contributed by atoms with Crippen molar-refractivity contribution >= 4 is 17.5 Å². The lowest BCUT2D eigenvalue weighted by Gasteiger charge is -2.40. The fourth-order valence-corrected chi connectivity index (χ4v) is 5.13. The van der Waals surface area contributed by atoms with Crippen LogP contribution in [0.5, 0.6) is 0 Å². The molecule has 1 unspecified atom stereocenters. The topological polar surface area (TPSA) is 85.4 Å². The molecule has 1 N–H and O–H groups in total. The van der Waals surface area contributed by atoms with Gasteiger partial charge in [-0.3, -0.25) is 19.7 Å². The molecule has 4 heterocycles. The minimum Gasteiger partial charge on any atom is -0.368 e. The maximum Gasteiger partial charge on any atom is 0.271 e. The fourth-order valence-electron chi connectivity index (χ4n) is 5.13. The third kappa shape index (κ3) is 4.78. The average Bonchev–Trinajstić information content (AvgIpc) is 3.41. The molecular weight excluding hydrogens is 440 g/mol. The lowest BCUT2D eigenvalue weighted by Crippen LogP contribution is -2.53. The molecule has 8 heteroatoms. The number of hydrogen-bond acceptors (Lipinski definition) is 5. The van der Waals surface area contributed by atoms with Gasteiger partial charge < -0.3 is 14.7 Å². The Hall–Kier alpha value is -3.68. The van der Waals surface area contributed by atoms with Crippen LogP contribution >= 0.6 is 0 Å². The zero-order chi connectivity index (χ0) is 24.4. The highest BCUT2D eigenvalue weighted by Gasteiger charge is 2.33. The molecule has 0 bridgehead atoms. The van der Waals surface area contributed by atoms with Gasteiger partial charge in [-0.1, -0.05) is 12.1 Å². The number of anilines is 1. The highest BCUT2D eigenvalue weighted by atomic mass is 16.2. The monoisotopic (exact) mass is 472 g/mol. The van der Waals surface area contributed by atoms with E-state index in [9.17, 15) is 9.59 Å². The fraction of sp³-hybridized carbons (Fsp3) is 0.407. The Bertz CT molecular complexity index is 1200. The standard InChI is InChI=1S/C27H32N6O2/c1-19-6-3-9-25(20(19)2)31-12-14-32(15-13-31)26(34)22-8-5-11-33(18-22)27(35)24-16-23(29-30-24)21-7-4-10-28-17-21/h3-4,6-7,9-10,16-17,22H,5,8,11-15,18H2,1-2H3,(H,29,30). The average molecular weight is 473 g/mol. The van der Waals surface area contributed by atoms with E-state index >= 15 is 0 Å². The van der Waals surface area contributed by atoms with E-state index < -0.39 is 0 Å². The molecule has 2 aliphatic rings. The Kier molecular flexibility index (Phi) is 6.53. The van der Waals surface area contributed by atoms with Crippen LogP contribution in [0.25, 0.3) is 11.3 Å². The van der Waals surface area contributed by atoms with Gasteiger partial charge in [0, 0.05) is 62.9 Å². The van der Waals surface area contributed by atoms with Gasteiger partial charge in [0.1, 0.15) is 5.69 Å². The molecule has 3 aromatic rings. The molecule has 8 nitrogen and oxygen atoms in total. The Balaban J connectivity index is 1.19. The van der Waals surface area contributed by atoms with Crippen molar-refractivity contribution in [1.29, 1.82) is 0 Å². The first-order valence-corrected chi connectivity index (χ1v) is 12.4. The smallest absolute Gasteiger partial charge is 0.271 e. The molecule has 0 aliphatic carbocycles. The zero-order valence-electron chi connectivity index (χ0n) is 20.4. The van der Waals surface area contributed by atoms with Gasteiger partial charge in [-0.05, 0) is 62.1 Å². The summed E-state index contributed by atoms with van der Waals surface area (Å²) in [5, 5.41) is 7.15. The van der Waals surface area contributed by atoms with E-state index in [0.29, 0.717) is 37.6 Å². The summed E-state index contributed by atoms with van der Waals surface area (Å²) in [6, 6.07) is 11.9. The third-order valence-corrected chi connectivity index (χ3v) is 7.33. The summed E-state index contributed by atoms with van der Waals surface area (Å²) >= 11 is 0. The van der Waals surface area contributed by atoms with Gasteiger partial charge in [-0.15, -0.1) is 0 Å². The lowest BCUT2D eigenvalue weighted by atomic mass is 9.95. The Morgan fingerprint density at radius 3 is 2.60 bits per heavy atom. The molecule has 2 saturated heterocycles. The SMILES string of the molecule is Cc1cccc(N2CCN(C(=O)C3CCCN(C(=O)c4cc(-c5cccnc5)n[nH]4)C3)CC2)c1C. The quantitative estimate of drug-likeness (QED) is 0.630. The normalized spacial score (nSPS) is 18.6. The van der Waals surface area contributed by atoms with Gasteiger partial charge in [0.25, 0.3) is 5.91 Å². The minimum absolute atomic E-state index is 0.107. The highest BCUT2D eigenvalue weighted by Crippen LogP contribution is 2.26. The number of rotatable bonds is 4. The molecular formula is C27H32N6O2. The number of piperazine rings is 1. The number of aryl methyl sites for hydroxylation is 1. The molecule has 2 fully saturated rings. The molecule has 1 aromatic carbocycles. The van der Waals surface area contributed by atoms with Crippen molar-refractivity contribution in [2.45, 2.75) is 26.7 Å². The Morgan fingerprint density at radius 1 is 1.00 bits per heavy atom. The minimum atomic E-state index is -0.152. The van der Waals surface area contributed by atoms with E-state index in [4.69, 9.17) is 0 Å². The van der Waals surface area contributed by atoms with Crippen LogP contribution in [0.15, 0.2) is 48.8 Å². The molecule has 1 atom stereocenters. The van der Waals surface area contributed by atoms with Crippen molar-refractivity contribution in [3.05, 3.63) is 65.6 Å². The molecule has 0 spiro atoms. The highest BCUT2D eigenvalue weighted by molar-refractivity contribution is 5.94. The number of benzene rings is 1. The van der Waals surface area contributed by atoms with Gasteiger partial charge in [0.2, 0.25) is 5.91 Å². The summed E-state index contributed by atoms with van der Waals surface area (Å²) in [6.45, 7) is 8.50. The van der Waals surface area contributed by atoms with E-state index in [1.807, 2.05) is 17.0 Å². The van der Waals surface area contributed by atoms with E-state index in [2.05, 4.69) is 52.1 Å². The van der Waals surface area contributed by atoms with Crippen LogP contribution in [-0.2, 0) is 4.79 Å². The first-order valence-electron chi connectivity index (χ1n) is 12.4. The number of carbonyl (C=O) groups excluding carboxylic acids is 2. The predicted octanol–water partition coefficient (Wildman–Crippen LogP) is 3.29. The van der Waals surface area contributed by atoms with Gasteiger partial charge in [-0.25, -0.2) is 0 Å². The van der Waals surface area contributed by atoms with Gasteiger partial charge in [0.05, 0.1) is 11.6 Å². The number of likely N-dealkylation sites (tertiary alicyclic amines) is 1. The number of nitrogens with one attached hydrogen (secondary N) is 1. The maximum atomic E-state index is 13.4. The van der Waals surface area contributed by atoms with Crippen LogP contribution < -0.4 is 4.90 Å². The van der Waals surface area contributed by atoms with Crippen molar-refractivity contribution in [2.75, 3.05) is 44.2 Å². The van der Waals surface area contributed by atoms with Crippen LogP contribution in [-0.4, -0.2) is 76.1 Å². The molecule has 2 aromatic heterocycles. The zero-order valence-corrected chi connectivity index (χ0v) is 20.4. The third-order valence-electron chi connectivity index (χ3n) is 7.33. The van der Waals surface area contributed by atoms with Crippen molar-refractivity contribution in [3.8, 4) is 11.3 Å². The van der Waals surface area contributed by atoms with Crippen molar-refractivity contribution in [1.82, 2.24) is 25.0 Å². The van der Waals surface area contributed by atoms with Gasteiger partial charge >= 0.3 is 0 Å². The number of H-pyrrole nitrogens is 1. The molecule has 182 valence electrons. The summed E-state index contributed by atoms with van der Waals surface area (Å²) in [4.78, 5) is 36.8. The molecule has 5 rings (SSSR count). The molecule has 35 heavy (non-hydrogen) atoms. The van der Waals surface area contributed by atoms with Crippen LogP contribution in [0.1, 0.15) is 34.5 Å². The maximum absolute atomic E-state index is 13.4. The largest absolute Gasteiger partial charge is 0.368 e. The molecule has 0 saturated carbocycles. The predicted molar refractivity (Wildman–Crippen MR) is 135 cm³/mol. The second-order valence-electron chi connectivity index (χ2n) is 9.53. The van der Waals surface area contributed by atoms with Gasteiger partial charge in [0.15, 0.2) is 0 Å². The summed E-state index contributed by atoms with van der Waals surface area (Å²) in [5.74, 6) is -0.0886. The van der Waals surface area contributed by atoms with Gasteiger partial charge in [-0.2, -0.15) is 5.10 Å². The number of aromatic nitrogens is 3. The Labute approximate surface area is 205 Å². The Morgan fingerprint density at radius 2 is 1.83 bits per heavy atom. The van der Waals surface area contributed by atoms with E-state index in [1.54, 1.807) is 23.4 Å². The van der Waals surface area contributed by atoms with E-state index in [1.165, 1.54) is 16.8 Å². The van der Waals surface area contributed by atoms with Crippen molar-refractivity contribution < 1.29 is 9.59 Å². The molecule has 2 amide bonds. The van der Waals surface area contributed by atoms with Crippen molar-refractivity contribution in [3.63, 3.8) is 0 Å². The number of hydrogen-bond donors (Lipinski definition) is 1. The number of nitrogens with zero attached hydrogens (tertiary/aromatic N) is 5. The summed E-state index contributed by atoms with van der Waals surface area (Å²) < 4.78 is 0. The number of amides is 2. The number of carbonyl (C=O) groups is 2. The molecule has 0 radical (unpaired) electrons. The van der Waals surface area contributed by atoms with E-state index in [-0.39, 0.29) is 17.7 Å². The van der Waals surface area contributed by atoms with Crippen molar-refractivity contribution in [2.24, 2.45) is 5.92 Å². The van der Waals surface area contributed by atoms with Crippen LogP contribution in [0, 0.1) is 19.8 Å². The van der Waals surface area contributed by atoms with Crippen LogP contribution in [0.3, 0.4) is 0 Å². The first-order chi connectivity index (χ1) is 17.0. The lowest BCUT2D eigenvalue weighted by molar-refractivity contribution is -0.137. The molecule has 2 aliphatic heterocycles. The van der Waals surface area contributed by atoms with Crippen LogP contribution in [0.4, 0.5) is 5.69 Å². The summed E-state index contributed by atoms with van der Waals surface area (Å²) in [7, 11) is 0. The summed E-state index contributed by atoms with van der Waals surface area (Å²) in [5.41, 5.74) is 5.84. The van der Waals surface area contributed by atoms with E-state index in [0.717, 1.165) is 31.5 Å². The first kappa shape index (κ1) is 23.1. The van der Waals surface area contributed by atoms with Crippen LogP contribution in [0.2, 0.25) is 0 Å². The summed E-state index contributed by atoms with van der Waals surface area (Å²) in [6.07, 6.45) is 5.08. The number of aromatic amines is 1. The second-order valence-corrected chi connectivity index (χ2v) is 9.53.